The van der Waals surface area contributed by atoms with E-state index in [9.17, 15) is 29.4 Å². The Morgan fingerprint density at radius 1 is 0.625 bits per heavy atom. The van der Waals surface area contributed by atoms with Crippen molar-refractivity contribution in [2.45, 2.75) is 87.6 Å². The normalized spacial score (nSPS) is 26.0. The number of ether oxygens (including phenoxy) is 2. The number of piperidine rings is 2. The van der Waals surface area contributed by atoms with Gasteiger partial charge in [0, 0.05) is 60.8 Å². The van der Waals surface area contributed by atoms with Crippen molar-refractivity contribution in [3.8, 4) is 34.4 Å². The average molecular weight is 912 g/mol. The van der Waals surface area contributed by atoms with E-state index in [2.05, 4.69) is 42.4 Å². The van der Waals surface area contributed by atoms with Gasteiger partial charge in [0.25, 0.3) is 0 Å². The van der Waals surface area contributed by atoms with Gasteiger partial charge in [0.1, 0.15) is 23.7 Å². The Labute approximate surface area is 378 Å². The molecule has 6 fully saturated rings. The fraction of sp³-hybridized carbons (Fsp3) is 0.478. The SMILES string of the molecule is O=C(O)N[C@H](C(=O)N1[C@@H]2C[C@@H]2C[C@H]1c1nc(Cl)c(-c2ccc(C#Cc3ccc(-c4[nH]c([C@@H]5C[C@H]6C[C@H]6N5C(=O)[C@@H](NC(=O)O)C5CCOCC5)nc4Cl)cc3)cc2)[nH]1)C1CCOCC1. The van der Waals surface area contributed by atoms with Crippen molar-refractivity contribution in [1.29, 1.82) is 0 Å². The number of carboxylic acid groups (broad SMARTS) is 2. The molecular weight excluding hydrogens is 863 g/mol. The summed E-state index contributed by atoms with van der Waals surface area (Å²) >= 11 is 13.4. The number of fused-ring (bicyclic) bond motifs is 2. The standard InChI is InChI=1S/C46H48Cl2N8O8/c47-39-35(49-41(53-39)33-21-29-19-31(29)55(33)43(57)37(51-45(59)60)27-11-15-63-16-12-27)25-7-3-23(4-8-25)1-2-24-5-9-26(10-6-24)36-40(48)54-42(50-36)34-22-30-20-32(30)56(34)44(58)38(52-46(61)62)28-13-17-64-18-14-28/h3-10,27-34,37-38,51-52H,11-22H2,(H,49,53)(H,50,54)(H,59,60)(H,61,62)/t29-,30-,31-,32-,33+,34+,37+,38+/m1/s1. The van der Waals surface area contributed by atoms with E-state index >= 15 is 0 Å². The summed E-state index contributed by atoms with van der Waals surface area (Å²) in [5.41, 5.74) is 4.44. The maximum Gasteiger partial charge on any atom is 0.405 e. The van der Waals surface area contributed by atoms with Crippen molar-refractivity contribution in [1.82, 2.24) is 40.4 Å². The topological polar surface area (TPSA) is 215 Å². The van der Waals surface area contributed by atoms with Crippen molar-refractivity contribution in [3.05, 3.63) is 81.6 Å². The summed E-state index contributed by atoms with van der Waals surface area (Å²) < 4.78 is 11.0. The second-order valence-electron chi connectivity index (χ2n) is 17.9. The molecule has 2 aliphatic carbocycles. The number of H-pyrrole nitrogens is 2. The van der Waals surface area contributed by atoms with Crippen LogP contribution in [0, 0.1) is 35.5 Å². The summed E-state index contributed by atoms with van der Waals surface area (Å²) in [7, 11) is 0. The van der Waals surface area contributed by atoms with Crippen LogP contribution in [0.1, 0.15) is 86.2 Å². The minimum absolute atomic E-state index is 0.0535. The van der Waals surface area contributed by atoms with Gasteiger partial charge < -0.3 is 50.1 Å². The number of nitrogens with zero attached hydrogens (tertiary/aromatic N) is 4. The molecular formula is C46H48Cl2N8O8. The zero-order valence-electron chi connectivity index (χ0n) is 34.8. The lowest BCUT2D eigenvalue weighted by atomic mass is 9.90. The van der Waals surface area contributed by atoms with Gasteiger partial charge in [0.15, 0.2) is 10.3 Å². The van der Waals surface area contributed by atoms with Crippen molar-refractivity contribution in [3.63, 3.8) is 0 Å². The molecule has 6 N–H and O–H groups in total. The van der Waals surface area contributed by atoms with Crippen LogP contribution in [-0.4, -0.2) is 115 Å². The van der Waals surface area contributed by atoms with Gasteiger partial charge in [-0.25, -0.2) is 19.6 Å². The number of carbonyl (C=O) groups excluding carboxylic acids is 2. The molecule has 6 aliphatic rings. The number of nitrogens with one attached hydrogen (secondary N) is 4. The molecule has 4 aromatic rings. The number of hydrogen-bond acceptors (Lipinski definition) is 8. The molecule has 4 saturated heterocycles. The third-order valence-electron chi connectivity index (χ3n) is 14.0. The van der Waals surface area contributed by atoms with Gasteiger partial charge in [-0.3, -0.25) is 9.59 Å². The van der Waals surface area contributed by atoms with E-state index in [-0.39, 0.29) is 58.1 Å². The number of aromatic amines is 2. The molecule has 16 nitrogen and oxygen atoms in total. The van der Waals surface area contributed by atoms with E-state index in [1.807, 2.05) is 58.3 Å². The number of carbonyl (C=O) groups is 4. The molecule has 0 bridgehead atoms. The van der Waals surface area contributed by atoms with E-state index in [1.54, 1.807) is 0 Å². The highest BCUT2D eigenvalue weighted by molar-refractivity contribution is 6.32. The van der Waals surface area contributed by atoms with Gasteiger partial charge in [0.2, 0.25) is 11.8 Å². The Kier molecular flexibility index (Phi) is 11.5. The number of benzene rings is 2. The lowest BCUT2D eigenvalue weighted by Crippen LogP contribution is -2.53. The highest BCUT2D eigenvalue weighted by Crippen LogP contribution is 2.55. The molecule has 64 heavy (non-hydrogen) atoms. The van der Waals surface area contributed by atoms with Crippen LogP contribution in [0.2, 0.25) is 10.3 Å². The predicted octanol–water partition coefficient (Wildman–Crippen LogP) is 6.62. The number of hydrogen-bond donors (Lipinski definition) is 6. The van der Waals surface area contributed by atoms with Crippen molar-refractivity contribution < 1.29 is 38.9 Å². The highest BCUT2D eigenvalue weighted by Gasteiger charge is 2.58. The predicted molar refractivity (Wildman–Crippen MR) is 233 cm³/mol. The molecule has 6 heterocycles. The highest BCUT2D eigenvalue weighted by atomic mass is 35.5. The van der Waals surface area contributed by atoms with E-state index in [4.69, 9.17) is 32.7 Å². The Balaban J connectivity index is 0.804. The third kappa shape index (κ3) is 8.42. The zero-order valence-corrected chi connectivity index (χ0v) is 36.3. The Morgan fingerprint density at radius 2 is 1.00 bits per heavy atom. The monoisotopic (exact) mass is 910 g/mol. The number of amides is 4. The molecule has 18 heteroatoms. The fourth-order valence-electron chi connectivity index (χ4n) is 10.5. The first-order valence-corrected chi connectivity index (χ1v) is 22.8. The smallest absolute Gasteiger partial charge is 0.405 e. The van der Waals surface area contributed by atoms with Crippen LogP contribution in [0.3, 0.4) is 0 Å². The fourth-order valence-corrected chi connectivity index (χ4v) is 11.0. The van der Waals surface area contributed by atoms with Crippen LogP contribution in [-0.2, 0) is 19.1 Å². The maximum absolute atomic E-state index is 14.1. The summed E-state index contributed by atoms with van der Waals surface area (Å²) in [5, 5.41) is 24.8. The van der Waals surface area contributed by atoms with Gasteiger partial charge >= 0.3 is 12.2 Å². The van der Waals surface area contributed by atoms with Gasteiger partial charge in [-0.15, -0.1) is 0 Å². The van der Waals surface area contributed by atoms with Crippen LogP contribution >= 0.6 is 23.2 Å². The summed E-state index contributed by atoms with van der Waals surface area (Å²) in [6, 6.07) is 13.0. The van der Waals surface area contributed by atoms with E-state index in [0.717, 1.165) is 47.9 Å². The second-order valence-corrected chi connectivity index (χ2v) is 18.6. The van der Waals surface area contributed by atoms with Crippen molar-refractivity contribution >= 4 is 47.2 Å². The molecule has 4 aliphatic heterocycles. The molecule has 0 unspecified atom stereocenters. The number of likely N-dealkylation sites (tertiary alicyclic amines) is 2. The molecule has 0 spiro atoms. The summed E-state index contributed by atoms with van der Waals surface area (Å²) in [4.78, 5) is 71.4. The van der Waals surface area contributed by atoms with Gasteiger partial charge in [-0.05, 0) is 99.3 Å². The minimum Gasteiger partial charge on any atom is -0.465 e. The van der Waals surface area contributed by atoms with Gasteiger partial charge in [-0.2, -0.15) is 0 Å². The molecule has 0 radical (unpaired) electrons. The number of rotatable bonds is 10. The molecule has 8 atom stereocenters. The number of imidazole rings is 2. The maximum atomic E-state index is 14.1. The van der Waals surface area contributed by atoms with Crippen molar-refractivity contribution in [2.24, 2.45) is 23.7 Å². The van der Waals surface area contributed by atoms with Crippen LogP contribution in [0.25, 0.3) is 22.5 Å². The molecule has 4 amide bonds. The van der Waals surface area contributed by atoms with Crippen LogP contribution in [0.15, 0.2) is 48.5 Å². The van der Waals surface area contributed by atoms with Crippen LogP contribution in [0.5, 0.6) is 0 Å². The zero-order chi connectivity index (χ0) is 44.2. The van der Waals surface area contributed by atoms with Gasteiger partial charge in [0.05, 0.1) is 23.5 Å². The first kappa shape index (κ1) is 42.4. The average Bonchev–Trinajstić information content (AvgIpc) is 4.01. The van der Waals surface area contributed by atoms with E-state index < -0.39 is 24.3 Å². The van der Waals surface area contributed by atoms with E-state index in [0.29, 0.717) is 87.0 Å². The summed E-state index contributed by atoms with van der Waals surface area (Å²) in [6.07, 6.45) is 3.25. The first-order valence-electron chi connectivity index (χ1n) is 22.0. The Hall–Kier alpha value is -5.60. The minimum atomic E-state index is -1.22. The summed E-state index contributed by atoms with van der Waals surface area (Å²) in [5.74, 6) is 7.57. The molecule has 2 saturated carbocycles. The Morgan fingerprint density at radius 3 is 1.36 bits per heavy atom. The number of aromatic nitrogens is 4. The molecule has 2 aromatic carbocycles. The lowest BCUT2D eigenvalue weighted by Gasteiger charge is -2.35. The van der Waals surface area contributed by atoms with Crippen LogP contribution < -0.4 is 10.6 Å². The first-order chi connectivity index (χ1) is 31.0. The third-order valence-corrected chi connectivity index (χ3v) is 14.5. The number of halogens is 2. The van der Waals surface area contributed by atoms with Crippen LogP contribution in [0.4, 0.5) is 9.59 Å². The second kappa shape index (κ2) is 17.4. The van der Waals surface area contributed by atoms with Gasteiger partial charge in [-0.1, -0.05) is 59.3 Å². The summed E-state index contributed by atoms with van der Waals surface area (Å²) in [6.45, 7) is 1.98. The quantitative estimate of drug-likeness (QED) is 0.0935. The van der Waals surface area contributed by atoms with Crippen molar-refractivity contribution in [2.75, 3.05) is 26.4 Å². The molecule has 2 aromatic heterocycles. The molecule has 334 valence electrons. The largest absolute Gasteiger partial charge is 0.465 e. The van der Waals surface area contributed by atoms with E-state index in [1.165, 1.54) is 0 Å². The molecule has 10 rings (SSSR count). The lowest BCUT2D eigenvalue weighted by molar-refractivity contribution is -0.138. The Bertz CT molecular complexity index is 2340.